The van der Waals surface area contributed by atoms with Crippen LogP contribution < -0.4 is 0 Å². The van der Waals surface area contributed by atoms with Gasteiger partial charge in [-0.25, -0.2) is 0 Å². The van der Waals surface area contributed by atoms with Crippen LogP contribution in [-0.2, 0) is 16.1 Å². The lowest BCUT2D eigenvalue weighted by Gasteiger charge is -2.10. The molecule has 0 bridgehead atoms. The van der Waals surface area contributed by atoms with E-state index in [4.69, 9.17) is 9.84 Å². The van der Waals surface area contributed by atoms with E-state index in [0.717, 1.165) is 5.56 Å². The molecule has 4 nitrogen and oxygen atoms in total. The van der Waals surface area contributed by atoms with Crippen LogP contribution in [0.2, 0.25) is 0 Å². The van der Waals surface area contributed by atoms with E-state index in [2.05, 4.69) is 0 Å². The van der Waals surface area contributed by atoms with Gasteiger partial charge >= 0.3 is 5.97 Å². The fraction of sp³-hybridized carbons (Fsp3) is 0.364. The molecule has 0 aliphatic heterocycles. The smallest absolute Gasteiger partial charge is 0.310 e. The zero-order valence-electron chi connectivity index (χ0n) is 8.73. The molecule has 0 aromatic heterocycles. The Hall–Kier alpha value is -1.55. The van der Waals surface area contributed by atoms with Crippen molar-refractivity contribution in [3.05, 3.63) is 29.3 Å². The third kappa shape index (κ3) is 2.70. The normalized spacial score (nSPS) is 12.4. The summed E-state index contributed by atoms with van der Waals surface area (Å²) < 4.78 is 4.93. The maximum atomic E-state index is 10.8. The minimum Gasteiger partial charge on any atom is -0.508 e. The van der Waals surface area contributed by atoms with Crippen LogP contribution in [0.5, 0.6) is 5.75 Å². The fourth-order valence-electron chi connectivity index (χ4n) is 1.34. The molecule has 0 aliphatic carbocycles. The van der Waals surface area contributed by atoms with E-state index < -0.39 is 11.9 Å². The van der Waals surface area contributed by atoms with Crippen LogP contribution in [0.1, 0.15) is 24.0 Å². The van der Waals surface area contributed by atoms with Crippen LogP contribution in [0, 0.1) is 0 Å². The first-order chi connectivity index (χ1) is 7.06. The highest BCUT2D eigenvalue weighted by Crippen LogP contribution is 2.27. The Morgan fingerprint density at radius 2 is 2.20 bits per heavy atom. The molecule has 0 saturated heterocycles. The average Bonchev–Trinajstić information content (AvgIpc) is 2.20. The fourth-order valence-corrected chi connectivity index (χ4v) is 1.34. The highest BCUT2D eigenvalue weighted by atomic mass is 16.5. The van der Waals surface area contributed by atoms with E-state index in [1.807, 2.05) is 0 Å². The second-order valence-corrected chi connectivity index (χ2v) is 3.39. The van der Waals surface area contributed by atoms with Crippen molar-refractivity contribution in [2.75, 3.05) is 7.11 Å². The number of carboxylic acids is 1. The third-order valence-electron chi connectivity index (χ3n) is 2.24. The lowest BCUT2D eigenvalue weighted by atomic mass is 9.98. The number of aliphatic carboxylic acids is 1. The first-order valence-electron chi connectivity index (χ1n) is 4.59. The molecule has 0 heterocycles. The molecule has 0 aliphatic rings. The molecule has 1 rings (SSSR count). The maximum absolute atomic E-state index is 10.8. The number of benzene rings is 1. The second kappa shape index (κ2) is 4.79. The number of hydrogen-bond donors (Lipinski definition) is 2. The van der Waals surface area contributed by atoms with Gasteiger partial charge in [0, 0.05) is 12.7 Å². The van der Waals surface area contributed by atoms with Crippen molar-refractivity contribution in [1.29, 1.82) is 0 Å². The first-order valence-corrected chi connectivity index (χ1v) is 4.59. The van der Waals surface area contributed by atoms with E-state index in [9.17, 15) is 9.90 Å². The summed E-state index contributed by atoms with van der Waals surface area (Å²) >= 11 is 0. The Balaban J connectivity index is 3.04. The molecular weight excluding hydrogens is 196 g/mol. The molecule has 4 heteroatoms. The number of ether oxygens (including phenoxy) is 1. The number of carboxylic acid groups (broad SMARTS) is 1. The first kappa shape index (κ1) is 11.5. The number of methoxy groups -OCH3 is 1. The summed E-state index contributed by atoms with van der Waals surface area (Å²) in [7, 11) is 1.56. The lowest BCUT2D eigenvalue weighted by molar-refractivity contribution is -0.138. The lowest BCUT2D eigenvalue weighted by Crippen LogP contribution is -2.08. The van der Waals surface area contributed by atoms with Crippen molar-refractivity contribution in [3.8, 4) is 5.75 Å². The maximum Gasteiger partial charge on any atom is 0.310 e. The SMILES string of the molecule is COCc1ccc(O)c(C(C)C(=O)O)c1. The van der Waals surface area contributed by atoms with Crippen molar-refractivity contribution < 1.29 is 19.7 Å². The van der Waals surface area contributed by atoms with Crippen LogP contribution >= 0.6 is 0 Å². The molecule has 1 unspecified atom stereocenters. The Morgan fingerprint density at radius 3 is 2.73 bits per heavy atom. The number of phenolic OH excluding ortho intramolecular Hbond substituents is 1. The van der Waals surface area contributed by atoms with Gasteiger partial charge in [0.2, 0.25) is 0 Å². The molecule has 1 aromatic rings. The quantitative estimate of drug-likeness (QED) is 0.794. The Bertz CT molecular complexity index is 360. The van der Waals surface area contributed by atoms with E-state index in [1.54, 1.807) is 19.2 Å². The van der Waals surface area contributed by atoms with E-state index in [1.165, 1.54) is 13.0 Å². The number of hydrogen-bond acceptors (Lipinski definition) is 3. The minimum atomic E-state index is -0.958. The Kier molecular flexibility index (Phi) is 3.68. The summed E-state index contributed by atoms with van der Waals surface area (Å²) in [5.74, 6) is -1.67. The minimum absolute atomic E-state index is 0.00440. The van der Waals surface area contributed by atoms with Gasteiger partial charge < -0.3 is 14.9 Å². The van der Waals surface area contributed by atoms with Crippen LogP contribution in [-0.4, -0.2) is 23.3 Å². The van der Waals surface area contributed by atoms with E-state index >= 15 is 0 Å². The third-order valence-corrected chi connectivity index (χ3v) is 2.24. The van der Waals surface area contributed by atoms with Crippen molar-refractivity contribution in [2.45, 2.75) is 19.4 Å². The van der Waals surface area contributed by atoms with Crippen molar-refractivity contribution in [2.24, 2.45) is 0 Å². The van der Waals surface area contributed by atoms with Gasteiger partial charge in [0.15, 0.2) is 0 Å². The average molecular weight is 210 g/mol. The molecule has 1 atom stereocenters. The highest BCUT2D eigenvalue weighted by Gasteiger charge is 2.17. The van der Waals surface area contributed by atoms with Gasteiger partial charge in [-0.3, -0.25) is 4.79 Å². The topological polar surface area (TPSA) is 66.8 Å². The van der Waals surface area contributed by atoms with E-state index in [-0.39, 0.29) is 5.75 Å². The summed E-state index contributed by atoms with van der Waals surface area (Å²) in [4.78, 5) is 10.8. The van der Waals surface area contributed by atoms with Gasteiger partial charge in [0.05, 0.1) is 12.5 Å². The molecule has 0 fully saturated rings. The molecule has 0 saturated carbocycles. The predicted octanol–water partition coefficient (Wildman–Crippen LogP) is 1.73. The summed E-state index contributed by atoms with van der Waals surface area (Å²) in [6.07, 6.45) is 0. The van der Waals surface area contributed by atoms with Crippen LogP contribution in [0.3, 0.4) is 0 Å². The number of rotatable bonds is 4. The monoisotopic (exact) mass is 210 g/mol. The molecule has 15 heavy (non-hydrogen) atoms. The summed E-state index contributed by atoms with van der Waals surface area (Å²) in [6.45, 7) is 1.94. The molecular formula is C11H14O4. The standard InChI is InChI=1S/C11H14O4/c1-7(11(13)14)9-5-8(6-15-2)3-4-10(9)12/h3-5,7,12H,6H2,1-2H3,(H,13,14). The summed E-state index contributed by atoms with van der Waals surface area (Å²) in [5.41, 5.74) is 1.26. The van der Waals surface area contributed by atoms with Gasteiger partial charge in [-0.2, -0.15) is 0 Å². The van der Waals surface area contributed by atoms with Gasteiger partial charge in [-0.1, -0.05) is 6.07 Å². The Labute approximate surface area is 88.1 Å². The van der Waals surface area contributed by atoms with Crippen molar-refractivity contribution in [3.63, 3.8) is 0 Å². The second-order valence-electron chi connectivity index (χ2n) is 3.39. The molecule has 1 aromatic carbocycles. The van der Waals surface area contributed by atoms with E-state index in [0.29, 0.717) is 12.2 Å². The molecule has 0 amide bonds. The zero-order chi connectivity index (χ0) is 11.4. The van der Waals surface area contributed by atoms with Crippen molar-refractivity contribution >= 4 is 5.97 Å². The number of carbonyl (C=O) groups is 1. The Morgan fingerprint density at radius 1 is 1.53 bits per heavy atom. The predicted molar refractivity (Wildman–Crippen MR) is 54.9 cm³/mol. The number of aromatic hydroxyl groups is 1. The molecule has 0 radical (unpaired) electrons. The zero-order valence-corrected chi connectivity index (χ0v) is 8.73. The number of phenols is 1. The highest BCUT2D eigenvalue weighted by molar-refractivity contribution is 5.76. The molecule has 0 spiro atoms. The van der Waals surface area contributed by atoms with Gasteiger partial charge in [-0.05, 0) is 24.6 Å². The van der Waals surface area contributed by atoms with Crippen molar-refractivity contribution in [1.82, 2.24) is 0 Å². The van der Waals surface area contributed by atoms with Gasteiger partial charge in [-0.15, -0.1) is 0 Å². The molecule has 2 N–H and O–H groups in total. The van der Waals surface area contributed by atoms with Gasteiger partial charge in [0.25, 0.3) is 0 Å². The largest absolute Gasteiger partial charge is 0.508 e. The van der Waals surface area contributed by atoms with Crippen LogP contribution in [0.25, 0.3) is 0 Å². The van der Waals surface area contributed by atoms with Crippen LogP contribution in [0.4, 0.5) is 0 Å². The van der Waals surface area contributed by atoms with Crippen LogP contribution in [0.15, 0.2) is 18.2 Å². The molecule has 82 valence electrons. The summed E-state index contributed by atoms with van der Waals surface area (Å²) in [5, 5.41) is 18.4. The van der Waals surface area contributed by atoms with Gasteiger partial charge in [0.1, 0.15) is 5.75 Å². The summed E-state index contributed by atoms with van der Waals surface area (Å²) in [6, 6.07) is 4.84.